The molecule has 0 spiro atoms. The van der Waals surface area contributed by atoms with E-state index in [-0.39, 0.29) is 0 Å². The largest absolute Gasteiger partial charge is 0.301 e. The van der Waals surface area contributed by atoms with Crippen LogP contribution in [0.1, 0.15) is 11.1 Å². The molecule has 5 rings (SSSR count). The van der Waals surface area contributed by atoms with E-state index in [9.17, 15) is 0 Å². The molecule has 0 unspecified atom stereocenters. The second-order valence-corrected chi connectivity index (χ2v) is 8.75. The molecule has 0 aliphatic heterocycles. The topological polar surface area (TPSA) is 30.7 Å². The summed E-state index contributed by atoms with van der Waals surface area (Å²) in [5.41, 5.74) is 6.72. The second kappa shape index (κ2) is 8.58. The normalized spacial score (nSPS) is 11.2. The highest BCUT2D eigenvalue weighted by molar-refractivity contribution is 7.98. The van der Waals surface area contributed by atoms with Gasteiger partial charge in [0.25, 0.3) is 0 Å². The van der Waals surface area contributed by atoms with Crippen molar-refractivity contribution in [3.05, 3.63) is 108 Å². The molecule has 152 valence electrons. The fraction of sp³-hybridized carbons (Fsp3) is 0.0769. The van der Waals surface area contributed by atoms with Gasteiger partial charge in [-0.05, 0) is 41.8 Å². The van der Waals surface area contributed by atoms with E-state index < -0.39 is 0 Å². The number of hydrogen-bond acceptors (Lipinski definition) is 3. The summed E-state index contributed by atoms with van der Waals surface area (Å²) in [6.07, 6.45) is 3.79. The molecule has 0 aliphatic carbocycles. The lowest BCUT2D eigenvalue weighted by Crippen LogP contribution is -1.95. The van der Waals surface area contributed by atoms with E-state index in [1.165, 1.54) is 11.1 Å². The fourth-order valence-corrected chi connectivity index (χ4v) is 4.99. The number of aromatic nitrogens is 3. The number of rotatable bonds is 5. The summed E-state index contributed by atoms with van der Waals surface area (Å²) >= 11 is 8.03. The molecular weight excluding hydrogens is 422 g/mol. The first kappa shape index (κ1) is 19.9. The second-order valence-electron chi connectivity index (χ2n) is 7.35. The number of benzene rings is 3. The van der Waals surface area contributed by atoms with Crippen LogP contribution in [0, 0.1) is 6.92 Å². The minimum atomic E-state index is 0.698. The number of fused-ring (bicyclic) bond motifs is 1. The highest BCUT2D eigenvalue weighted by Gasteiger charge is 2.18. The van der Waals surface area contributed by atoms with E-state index in [1.807, 2.05) is 30.3 Å². The number of aryl methyl sites for hydroxylation is 1. The standard InChI is InChI=1S/C26H20ClN3S/c1-18-8-5-6-11-20(18)16-31-26-24-23(19-9-3-2-4-10-19)15-30(25(24)28-17-29-26)22-13-7-12-21(27)14-22/h2-15,17H,16H2,1H3. The average Bonchev–Trinajstić information content (AvgIpc) is 3.20. The molecule has 0 fully saturated rings. The van der Waals surface area contributed by atoms with Crippen LogP contribution in [-0.2, 0) is 5.75 Å². The highest BCUT2D eigenvalue weighted by atomic mass is 35.5. The molecule has 5 aromatic rings. The zero-order chi connectivity index (χ0) is 21.2. The molecular formula is C26H20ClN3S. The maximum absolute atomic E-state index is 6.28. The summed E-state index contributed by atoms with van der Waals surface area (Å²) in [6.45, 7) is 2.15. The summed E-state index contributed by atoms with van der Waals surface area (Å²) in [7, 11) is 0. The molecule has 5 heteroatoms. The van der Waals surface area contributed by atoms with Crippen molar-refractivity contribution in [3.8, 4) is 16.8 Å². The molecule has 0 radical (unpaired) electrons. The summed E-state index contributed by atoms with van der Waals surface area (Å²) < 4.78 is 2.10. The molecule has 0 bridgehead atoms. The van der Waals surface area contributed by atoms with Crippen LogP contribution in [-0.4, -0.2) is 14.5 Å². The molecule has 3 nitrogen and oxygen atoms in total. The van der Waals surface area contributed by atoms with Crippen molar-refractivity contribution < 1.29 is 0 Å². The monoisotopic (exact) mass is 441 g/mol. The first-order valence-corrected chi connectivity index (χ1v) is 11.4. The number of nitrogens with zero attached hydrogens (tertiary/aromatic N) is 3. The van der Waals surface area contributed by atoms with E-state index in [1.54, 1.807) is 18.1 Å². The molecule has 0 atom stereocenters. The Balaban J connectivity index is 1.67. The molecule has 0 aliphatic rings. The maximum Gasteiger partial charge on any atom is 0.149 e. The Bertz CT molecular complexity index is 1360. The smallest absolute Gasteiger partial charge is 0.149 e. The number of thioether (sulfide) groups is 1. The molecule has 0 saturated heterocycles. The molecule has 31 heavy (non-hydrogen) atoms. The Morgan fingerprint density at radius 2 is 1.71 bits per heavy atom. The van der Waals surface area contributed by atoms with E-state index in [4.69, 9.17) is 11.6 Å². The predicted octanol–water partition coefficient (Wildman–Crippen LogP) is 7.34. The van der Waals surface area contributed by atoms with Crippen molar-refractivity contribution in [3.63, 3.8) is 0 Å². The van der Waals surface area contributed by atoms with Crippen molar-refractivity contribution in [2.45, 2.75) is 17.7 Å². The van der Waals surface area contributed by atoms with Crippen LogP contribution >= 0.6 is 23.4 Å². The van der Waals surface area contributed by atoms with Gasteiger partial charge in [0.1, 0.15) is 17.0 Å². The minimum absolute atomic E-state index is 0.698. The summed E-state index contributed by atoms with van der Waals surface area (Å²) in [5.74, 6) is 0.857. The van der Waals surface area contributed by atoms with Gasteiger partial charge >= 0.3 is 0 Å². The van der Waals surface area contributed by atoms with Gasteiger partial charge in [0.2, 0.25) is 0 Å². The van der Waals surface area contributed by atoms with E-state index in [0.29, 0.717) is 5.02 Å². The third-order valence-electron chi connectivity index (χ3n) is 5.35. The summed E-state index contributed by atoms with van der Waals surface area (Å²) in [4.78, 5) is 9.34. The lowest BCUT2D eigenvalue weighted by atomic mass is 10.1. The van der Waals surface area contributed by atoms with Gasteiger partial charge in [-0.3, -0.25) is 0 Å². The van der Waals surface area contributed by atoms with Gasteiger partial charge in [0.15, 0.2) is 0 Å². The number of hydrogen-bond donors (Lipinski definition) is 0. The predicted molar refractivity (Wildman–Crippen MR) is 130 cm³/mol. The van der Waals surface area contributed by atoms with Crippen LogP contribution in [0.4, 0.5) is 0 Å². The van der Waals surface area contributed by atoms with Gasteiger partial charge in [-0.15, -0.1) is 11.8 Å². The van der Waals surface area contributed by atoms with Crippen molar-refractivity contribution in [2.75, 3.05) is 0 Å². The van der Waals surface area contributed by atoms with Gasteiger partial charge in [-0.1, -0.05) is 72.3 Å². The highest BCUT2D eigenvalue weighted by Crippen LogP contribution is 2.38. The van der Waals surface area contributed by atoms with Crippen LogP contribution in [0.15, 0.2) is 96.4 Å². The Hall–Kier alpha value is -3.08. The van der Waals surface area contributed by atoms with Crippen LogP contribution in [0.5, 0.6) is 0 Å². The molecule has 2 aromatic heterocycles. The molecule has 3 aromatic carbocycles. The van der Waals surface area contributed by atoms with Gasteiger partial charge in [-0.2, -0.15) is 0 Å². The van der Waals surface area contributed by atoms with Gasteiger partial charge in [0, 0.05) is 28.2 Å². The van der Waals surface area contributed by atoms with E-state index >= 15 is 0 Å². The van der Waals surface area contributed by atoms with Crippen molar-refractivity contribution in [2.24, 2.45) is 0 Å². The minimum Gasteiger partial charge on any atom is -0.301 e. The Kier molecular flexibility index (Phi) is 5.49. The quantitative estimate of drug-likeness (QED) is 0.211. The van der Waals surface area contributed by atoms with Crippen LogP contribution in [0.3, 0.4) is 0 Å². The maximum atomic E-state index is 6.28. The number of halogens is 1. The Labute approximate surface area is 190 Å². The van der Waals surface area contributed by atoms with Crippen molar-refractivity contribution in [1.29, 1.82) is 0 Å². The Morgan fingerprint density at radius 3 is 2.52 bits per heavy atom. The third kappa shape index (κ3) is 3.97. The van der Waals surface area contributed by atoms with E-state index in [0.717, 1.165) is 38.6 Å². The lowest BCUT2D eigenvalue weighted by Gasteiger charge is -2.08. The van der Waals surface area contributed by atoms with Gasteiger partial charge in [0.05, 0.1) is 5.39 Å². The zero-order valence-corrected chi connectivity index (χ0v) is 18.6. The van der Waals surface area contributed by atoms with E-state index in [2.05, 4.69) is 76.2 Å². The first-order valence-electron chi connectivity index (χ1n) is 10.1. The molecule has 0 N–H and O–H groups in total. The molecule has 0 saturated carbocycles. The summed E-state index contributed by atoms with van der Waals surface area (Å²) in [5, 5.41) is 2.74. The van der Waals surface area contributed by atoms with Crippen molar-refractivity contribution in [1.82, 2.24) is 14.5 Å². The van der Waals surface area contributed by atoms with Crippen molar-refractivity contribution >= 4 is 34.4 Å². The van der Waals surface area contributed by atoms with Crippen LogP contribution in [0.25, 0.3) is 27.8 Å². The molecule has 2 heterocycles. The average molecular weight is 442 g/mol. The zero-order valence-electron chi connectivity index (χ0n) is 17.0. The molecule has 0 amide bonds. The SMILES string of the molecule is Cc1ccccc1CSc1ncnc2c1c(-c1ccccc1)cn2-c1cccc(Cl)c1. The fourth-order valence-electron chi connectivity index (χ4n) is 3.72. The van der Waals surface area contributed by atoms with Crippen LogP contribution in [0.2, 0.25) is 5.02 Å². The Morgan fingerprint density at radius 1 is 0.903 bits per heavy atom. The first-order chi connectivity index (χ1) is 15.2. The van der Waals surface area contributed by atoms with Crippen LogP contribution < -0.4 is 0 Å². The van der Waals surface area contributed by atoms with Gasteiger partial charge in [-0.25, -0.2) is 9.97 Å². The lowest BCUT2D eigenvalue weighted by molar-refractivity contribution is 1.04. The summed E-state index contributed by atoms with van der Waals surface area (Å²) in [6, 6.07) is 26.7. The van der Waals surface area contributed by atoms with Gasteiger partial charge < -0.3 is 4.57 Å². The third-order valence-corrected chi connectivity index (χ3v) is 6.62.